The van der Waals surface area contributed by atoms with Crippen LogP contribution in [0.15, 0.2) is 12.1 Å². The molecule has 4 N–H and O–H groups in total. The molecule has 0 aromatic heterocycles. The van der Waals surface area contributed by atoms with E-state index in [2.05, 4.69) is 10.6 Å². The van der Waals surface area contributed by atoms with Crippen molar-refractivity contribution >= 4 is 23.2 Å². The summed E-state index contributed by atoms with van der Waals surface area (Å²) in [5.74, 6) is 0.240. The highest BCUT2D eigenvalue weighted by atomic mass is 35.5. The van der Waals surface area contributed by atoms with Gasteiger partial charge in [-0.3, -0.25) is 4.79 Å². The summed E-state index contributed by atoms with van der Waals surface area (Å²) >= 11 is 6.01. The maximum Gasteiger partial charge on any atom is 0.255 e. The summed E-state index contributed by atoms with van der Waals surface area (Å²) in [6, 6.07) is 3.67. The second-order valence-corrected chi connectivity index (χ2v) is 6.24. The quantitative estimate of drug-likeness (QED) is 0.727. The van der Waals surface area contributed by atoms with E-state index in [1.165, 1.54) is 20.0 Å². The van der Waals surface area contributed by atoms with Crippen molar-refractivity contribution in [3.63, 3.8) is 0 Å². The van der Waals surface area contributed by atoms with Crippen LogP contribution >= 0.6 is 11.6 Å². The Labute approximate surface area is 136 Å². The zero-order valence-corrected chi connectivity index (χ0v) is 13.9. The number of nitrogen functional groups attached to an aromatic ring is 1. The Morgan fingerprint density at radius 2 is 2.32 bits per heavy atom. The third kappa shape index (κ3) is 4.27. The number of carbonyl (C=O) groups excluding carboxylic acids is 1. The van der Waals surface area contributed by atoms with Gasteiger partial charge in [0.1, 0.15) is 5.75 Å². The molecule has 1 fully saturated rings. The highest BCUT2D eigenvalue weighted by Crippen LogP contribution is 2.28. The maximum atomic E-state index is 12.4. The first-order chi connectivity index (χ1) is 10.5. The molecule has 0 radical (unpaired) electrons. The second kappa shape index (κ2) is 7.70. The minimum atomic E-state index is -0.193. The van der Waals surface area contributed by atoms with Gasteiger partial charge >= 0.3 is 0 Å². The van der Waals surface area contributed by atoms with Crippen molar-refractivity contribution < 1.29 is 9.53 Å². The Balaban J connectivity index is 2.00. The summed E-state index contributed by atoms with van der Waals surface area (Å²) in [6.45, 7) is 3.08. The molecule has 1 aromatic rings. The van der Waals surface area contributed by atoms with Crippen LogP contribution in [0, 0.1) is 0 Å². The summed E-state index contributed by atoms with van der Waals surface area (Å²) < 4.78 is 5.22. The van der Waals surface area contributed by atoms with Crippen LogP contribution in [0.25, 0.3) is 0 Å². The molecule has 0 spiro atoms. The molecule has 1 aromatic carbocycles. The fourth-order valence-electron chi connectivity index (χ4n) is 2.83. The molecule has 1 aliphatic rings. The molecule has 1 heterocycles. The number of amides is 1. The van der Waals surface area contributed by atoms with E-state index in [0.29, 0.717) is 28.1 Å². The van der Waals surface area contributed by atoms with Crippen molar-refractivity contribution in [1.29, 1.82) is 0 Å². The first-order valence-corrected chi connectivity index (χ1v) is 8.06. The summed E-state index contributed by atoms with van der Waals surface area (Å²) in [6.07, 6.45) is 4.56. The molecule has 2 atom stereocenters. The summed E-state index contributed by atoms with van der Waals surface area (Å²) in [5, 5.41) is 6.85. The molecule has 122 valence electrons. The number of hydrogen-bond donors (Lipinski definition) is 3. The molecule has 2 rings (SSSR count). The Kier molecular flexibility index (Phi) is 5.91. The van der Waals surface area contributed by atoms with Gasteiger partial charge < -0.3 is 21.1 Å². The number of anilines is 1. The van der Waals surface area contributed by atoms with Gasteiger partial charge in [-0.25, -0.2) is 0 Å². The van der Waals surface area contributed by atoms with Gasteiger partial charge in [-0.2, -0.15) is 0 Å². The number of piperidine rings is 1. The van der Waals surface area contributed by atoms with Gasteiger partial charge in [0.25, 0.3) is 5.91 Å². The average Bonchev–Trinajstić information content (AvgIpc) is 2.50. The van der Waals surface area contributed by atoms with Crippen LogP contribution in [0.3, 0.4) is 0 Å². The Morgan fingerprint density at radius 3 is 2.95 bits per heavy atom. The van der Waals surface area contributed by atoms with Gasteiger partial charge in [0, 0.05) is 18.2 Å². The highest BCUT2D eigenvalue weighted by Gasteiger charge is 2.20. The van der Waals surface area contributed by atoms with Crippen LogP contribution < -0.4 is 21.1 Å². The van der Waals surface area contributed by atoms with Gasteiger partial charge in [0.05, 0.1) is 23.4 Å². The fourth-order valence-corrected chi connectivity index (χ4v) is 2.99. The van der Waals surface area contributed by atoms with Crippen molar-refractivity contribution in [2.75, 3.05) is 19.4 Å². The number of nitrogens with one attached hydrogen (secondary N) is 2. The van der Waals surface area contributed by atoms with Crippen LogP contribution in [0.4, 0.5) is 5.69 Å². The standard InChI is InChI=1S/C16H24ClN3O2/c1-10(7-11-5-3-4-6-19-11)20-16(21)12-8-13(17)14(18)9-15(12)22-2/h8-11,19H,3-7,18H2,1-2H3,(H,20,21). The number of benzene rings is 1. The molecular formula is C16H24ClN3O2. The lowest BCUT2D eigenvalue weighted by Crippen LogP contribution is -2.41. The molecule has 0 bridgehead atoms. The lowest BCUT2D eigenvalue weighted by Gasteiger charge is -2.26. The smallest absolute Gasteiger partial charge is 0.255 e. The molecule has 1 amide bonds. The SMILES string of the molecule is COc1cc(N)c(Cl)cc1C(=O)NC(C)CC1CCCCN1. The van der Waals surface area contributed by atoms with E-state index in [-0.39, 0.29) is 11.9 Å². The molecular weight excluding hydrogens is 302 g/mol. The normalized spacial score (nSPS) is 19.5. The van der Waals surface area contributed by atoms with E-state index in [1.807, 2.05) is 6.92 Å². The Hall–Kier alpha value is -1.46. The molecule has 1 aliphatic heterocycles. The van der Waals surface area contributed by atoms with Crippen molar-refractivity contribution in [2.24, 2.45) is 0 Å². The molecule has 0 saturated carbocycles. The second-order valence-electron chi connectivity index (χ2n) is 5.83. The third-order valence-corrected chi connectivity index (χ3v) is 4.32. The minimum absolute atomic E-state index is 0.0733. The lowest BCUT2D eigenvalue weighted by molar-refractivity contribution is 0.0932. The first-order valence-electron chi connectivity index (χ1n) is 7.68. The summed E-state index contributed by atoms with van der Waals surface area (Å²) in [5.41, 5.74) is 6.54. The van der Waals surface area contributed by atoms with Gasteiger partial charge in [-0.15, -0.1) is 0 Å². The topological polar surface area (TPSA) is 76.4 Å². The molecule has 0 aliphatic carbocycles. The molecule has 5 nitrogen and oxygen atoms in total. The van der Waals surface area contributed by atoms with Gasteiger partial charge in [0.15, 0.2) is 0 Å². The monoisotopic (exact) mass is 325 g/mol. The third-order valence-electron chi connectivity index (χ3n) is 3.99. The minimum Gasteiger partial charge on any atom is -0.496 e. The average molecular weight is 326 g/mol. The number of carbonyl (C=O) groups is 1. The predicted molar refractivity (Wildman–Crippen MR) is 89.6 cm³/mol. The van der Waals surface area contributed by atoms with E-state index < -0.39 is 0 Å². The lowest BCUT2D eigenvalue weighted by atomic mass is 9.98. The van der Waals surface area contributed by atoms with Crippen molar-refractivity contribution in [2.45, 2.75) is 44.7 Å². The van der Waals surface area contributed by atoms with Crippen molar-refractivity contribution in [1.82, 2.24) is 10.6 Å². The van der Waals surface area contributed by atoms with Gasteiger partial charge in [-0.05, 0) is 38.8 Å². The number of ether oxygens (including phenoxy) is 1. The molecule has 22 heavy (non-hydrogen) atoms. The number of methoxy groups -OCH3 is 1. The number of rotatable bonds is 5. The van der Waals surface area contributed by atoms with Crippen molar-refractivity contribution in [3.05, 3.63) is 22.7 Å². The largest absolute Gasteiger partial charge is 0.496 e. The van der Waals surface area contributed by atoms with E-state index in [4.69, 9.17) is 22.1 Å². The van der Waals surface area contributed by atoms with Crippen LogP contribution in [0.2, 0.25) is 5.02 Å². The van der Waals surface area contributed by atoms with E-state index in [0.717, 1.165) is 19.4 Å². The molecule has 1 saturated heterocycles. The van der Waals surface area contributed by atoms with E-state index >= 15 is 0 Å². The van der Waals surface area contributed by atoms with Crippen LogP contribution in [-0.2, 0) is 0 Å². The predicted octanol–water partition coefficient (Wildman–Crippen LogP) is 2.58. The molecule has 2 unspecified atom stereocenters. The molecule has 6 heteroatoms. The Bertz CT molecular complexity index is 530. The maximum absolute atomic E-state index is 12.4. The zero-order valence-electron chi connectivity index (χ0n) is 13.1. The summed E-state index contributed by atoms with van der Waals surface area (Å²) in [7, 11) is 1.51. The van der Waals surface area contributed by atoms with Gasteiger partial charge in [0.2, 0.25) is 0 Å². The number of halogens is 1. The zero-order chi connectivity index (χ0) is 16.1. The Morgan fingerprint density at radius 1 is 1.55 bits per heavy atom. The van der Waals surface area contributed by atoms with Gasteiger partial charge in [-0.1, -0.05) is 18.0 Å². The van der Waals surface area contributed by atoms with Crippen LogP contribution in [0.1, 0.15) is 43.0 Å². The van der Waals surface area contributed by atoms with E-state index in [1.54, 1.807) is 12.1 Å². The fraction of sp³-hybridized carbons (Fsp3) is 0.562. The van der Waals surface area contributed by atoms with Crippen LogP contribution in [0.5, 0.6) is 5.75 Å². The number of nitrogens with two attached hydrogens (primary N) is 1. The van der Waals surface area contributed by atoms with E-state index in [9.17, 15) is 4.79 Å². The van der Waals surface area contributed by atoms with Crippen LogP contribution in [-0.4, -0.2) is 31.6 Å². The number of hydrogen-bond acceptors (Lipinski definition) is 4. The first kappa shape index (κ1) is 16.9. The highest BCUT2D eigenvalue weighted by molar-refractivity contribution is 6.33. The van der Waals surface area contributed by atoms with Crippen molar-refractivity contribution in [3.8, 4) is 5.75 Å². The summed E-state index contributed by atoms with van der Waals surface area (Å²) in [4.78, 5) is 12.4.